The highest BCUT2D eigenvalue weighted by atomic mass is 19.1. The van der Waals surface area contributed by atoms with Crippen LogP contribution in [0.3, 0.4) is 0 Å². The first kappa shape index (κ1) is 15.4. The van der Waals surface area contributed by atoms with E-state index in [0.717, 1.165) is 6.42 Å². The van der Waals surface area contributed by atoms with Gasteiger partial charge in [-0.2, -0.15) is 4.98 Å². The van der Waals surface area contributed by atoms with Crippen molar-refractivity contribution in [2.45, 2.75) is 32.0 Å². The van der Waals surface area contributed by atoms with Gasteiger partial charge in [0.15, 0.2) is 6.61 Å². The average molecular weight is 321 g/mol. The van der Waals surface area contributed by atoms with E-state index in [9.17, 15) is 9.18 Å². The van der Waals surface area contributed by atoms with Gasteiger partial charge in [0.2, 0.25) is 11.7 Å². The minimum Gasteiger partial charge on any atom is -0.485 e. The summed E-state index contributed by atoms with van der Waals surface area (Å²) in [4.78, 5) is 17.1. The fourth-order valence-electron chi connectivity index (χ4n) is 2.56. The Morgan fingerprint density at radius 1 is 1.43 bits per heavy atom. The summed E-state index contributed by atoms with van der Waals surface area (Å²) >= 11 is 0. The number of benzene rings is 1. The number of rotatable bonds is 6. The maximum Gasteiger partial charge on any atom is 0.320 e. The van der Waals surface area contributed by atoms with E-state index in [-0.39, 0.29) is 12.4 Å². The first-order chi connectivity index (χ1) is 11.1. The normalized spacial score (nSPS) is 18.2. The molecule has 1 aliphatic heterocycles. The van der Waals surface area contributed by atoms with Crippen molar-refractivity contribution < 1.29 is 23.6 Å². The zero-order valence-corrected chi connectivity index (χ0v) is 12.3. The molecule has 23 heavy (non-hydrogen) atoms. The molecule has 1 atom stereocenters. The minimum atomic E-state index is -0.832. The first-order valence-electron chi connectivity index (χ1n) is 7.28. The molecule has 0 amide bonds. The summed E-state index contributed by atoms with van der Waals surface area (Å²) in [7, 11) is 0. The van der Waals surface area contributed by atoms with Crippen LogP contribution >= 0.6 is 0 Å². The molecular formula is C15H16FN3O4. The lowest BCUT2D eigenvalue weighted by molar-refractivity contribution is -0.142. The highest BCUT2D eigenvalue weighted by Crippen LogP contribution is 2.20. The van der Waals surface area contributed by atoms with Crippen LogP contribution in [0.5, 0.6) is 5.75 Å². The third-order valence-corrected chi connectivity index (χ3v) is 3.68. The number of hydrogen-bond donors (Lipinski definition) is 1. The molecule has 7 nitrogen and oxygen atoms in total. The third-order valence-electron chi connectivity index (χ3n) is 3.68. The van der Waals surface area contributed by atoms with Crippen molar-refractivity contribution in [2.24, 2.45) is 0 Å². The van der Waals surface area contributed by atoms with Crippen molar-refractivity contribution in [3.05, 3.63) is 41.8 Å². The lowest BCUT2D eigenvalue weighted by atomic mass is 10.2. The number of carbonyl (C=O) groups is 1. The highest BCUT2D eigenvalue weighted by Gasteiger charge is 2.31. The van der Waals surface area contributed by atoms with Gasteiger partial charge in [0.05, 0.1) is 6.54 Å². The van der Waals surface area contributed by atoms with Gasteiger partial charge in [-0.15, -0.1) is 0 Å². The summed E-state index contributed by atoms with van der Waals surface area (Å²) < 4.78 is 23.4. The molecule has 1 aromatic heterocycles. The molecule has 0 unspecified atom stereocenters. The molecule has 0 saturated carbocycles. The van der Waals surface area contributed by atoms with Crippen molar-refractivity contribution in [1.82, 2.24) is 15.0 Å². The Morgan fingerprint density at radius 3 is 2.96 bits per heavy atom. The number of carboxylic acid groups (broad SMARTS) is 1. The van der Waals surface area contributed by atoms with Gasteiger partial charge in [-0.05, 0) is 43.7 Å². The Hall–Kier alpha value is -2.48. The Labute approximate surface area is 131 Å². The number of aliphatic carboxylic acids is 1. The molecule has 3 rings (SSSR count). The van der Waals surface area contributed by atoms with Crippen LogP contribution in [0, 0.1) is 5.82 Å². The lowest BCUT2D eigenvalue weighted by Gasteiger charge is -2.18. The van der Waals surface area contributed by atoms with E-state index in [1.54, 1.807) is 4.90 Å². The van der Waals surface area contributed by atoms with Crippen molar-refractivity contribution in [3.8, 4) is 5.75 Å². The molecule has 122 valence electrons. The predicted molar refractivity (Wildman–Crippen MR) is 76.1 cm³/mol. The second-order valence-electron chi connectivity index (χ2n) is 5.31. The summed E-state index contributed by atoms with van der Waals surface area (Å²) in [5.41, 5.74) is 0. The van der Waals surface area contributed by atoms with Crippen molar-refractivity contribution in [3.63, 3.8) is 0 Å². The maximum atomic E-state index is 12.8. The van der Waals surface area contributed by atoms with E-state index in [1.807, 2.05) is 0 Å². The fourth-order valence-corrected chi connectivity index (χ4v) is 2.56. The van der Waals surface area contributed by atoms with E-state index >= 15 is 0 Å². The molecule has 8 heteroatoms. The quantitative estimate of drug-likeness (QED) is 0.868. The number of likely N-dealkylation sites (tertiary alicyclic amines) is 1. The van der Waals surface area contributed by atoms with Crippen LogP contribution in [0.2, 0.25) is 0 Å². The zero-order chi connectivity index (χ0) is 16.2. The maximum absolute atomic E-state index is 12.8. The van der Waals surface area contributed by atoms with Gasteiger partial charge in [0.1, 0.15) is 17.6 Å². The molecule has 0 bridgehead atoms. The standard InChI is InChI=1S/C15H16FN3O4/c16-10-3-5-11(6-4-10)22-9-13-17-14(23-18-13)8-19-7-1-2-12(19)15(20)21/h3-6,12H,1-2,7-9H2,(H,20,21)/t12-/m1/s1. The van der Waals surface area contributed by atoms with Crippen LogP contribution in [0.1, 0.15) is 24.6 Å². The van der Waals surface area contributed by atoms with Gasteiger partial charge < -0.3 is 14.4 Å². The van der Waals surface area contributed by atoms with Gasteiger partial charge in [-0.25, -0.2) is 4.39 Å². The molecule has 1 N–H and O–H groups in total. The summed E-state index contributed by atoms with van der Waals surface area (Å²) in [6.07, 6.45) is 1.47. The molecular weight excluding hydrogens is 305 g/mol. The molecule has 2 aromatic rings. The number of halogens is 1. The number of carboxylic acids is 1. The second-order valence-corrected chi connectivity index (χ2v) is 5.31. The van der Waals surface area contributed by atoms with Crippen molar-refractivity contribution in [1.29, 1.82) is 0 Å². The molecule has 1 saturated heterocycles. The first-order valence-corrected chi connectivity index (χ1v) is 7.28. The molecule has 1 fully saturated rings. The number of hydrogen-bond acceptors (Lipinski definition) is 6. The van der Waals surface area contributed by atoms with E-state index in [1.165, 1.54) is 24.3 Å². The predicted octanol–water partition coefficient (Wildman–Crippen LogP) is 1.84. The fraction of sp³-hybridized carbons (Fsp3) is 0.400. The molecule has 1 aliphatic rings. The Balaban J connectivity index is 1.55. The van der Waals surface area contributed by atoms with Crippen LogP contribution in [-0.2, 0) is 17.9 Å². The largest absolute Gasteiger partial charge is 0.485 e. The molecule has 2 heterocycles. The van der Waals surface area contributed by atoms with Crippen LogP contribution in [0.15, 0.2) is 28.8 Å². The number of ether oxygens (including phenoxy) is 1. The van der Waals surface area contributed by atoms with Gasteiger partial charge in [-0.1, -0.05) is 5.16 Å². The lowest BCUT2D eigenvalue weighted by Crippen LogP contribution is -2.35. The van der Waals surface area contributed by atoms with E-state index < -0.39 is 12.0 Å². The summed E-state index contributed by atoms with van der Waals surface area (Å²) in [6.45, 7) is 1.10. The summed E-state index contributed by atoms with van der Waals surface area (Å²) in [5.74, 6) is 0.0502. The second kappa shape index (κ2) is 6.74. The third kappa shape index (κ3) is 3.84. The van der Waals surface area contributed by atoms with Gasteiger partial charge in [-0.3, -0.25) is 9.69 Å². The van der Waals surface area contributed by atoms with Gasteiger partial charge in [0.25, 0.3) is 0 Å². The van der Waals surface area contributed by atoms with Gasteiger partial charge >= 0.3 is 5.97 Å². The topological polar surface area (TPSA) is 88.7 Å². The van der Waals surface area contributed by atoms with Crippen LogP contribution in [0.4, 0.5) is 4.39 Å². The highest BCUT2D eigenvalue weighted by molar-refractivity contribution is 5.73. The van der Waals surface area contributed by atoms with E-state index in [0.29, 0.717) is 37.0 Å². The summed E-state index contributed by atoms with van der Waals surface area (Å²) in [5, 5.41) is 12.9. The van der Waals surface area contributed by atoms with Crippen LogP contribution < -0.4 is 4.74 Å². The Morgan fingerprint density at radius 2 is 2.22 bits per heavy atom. The van der Waals surface area contributed by atoms with Crippen molar-refractivity contribution >= 4 is 5.97 Å². The Bertz CT molecular complexity index is 674. The molecule has 1 aromatic carbocycles. The van der Waals surface area contributed by atoms with Crippen molar-refractivity contribution in [2.75, 3.05) is 6.54 Å². The monoisotopic (exact) mass is 321 g/mol. The van der Waals surface area contributed by atoms with E-state index in [2.05, 4.69) is 10.1 Å². The SMILES string of the molecule is O=C(O)[C@H]1CCCN1Cc1nc(COc2ccc(F)cc2)no1. The smallest absolute Gasteiger partial charge is 0.320 e. The minimum absolute atomic E-state index is 0.0947. The molecule has 0 aliphatic carbocycles. The molecule has 0 radical (unpaired) electrons. The zero-order valence-electron chi connectivity index (χ0n) is 12.3. The number of aromatic nitrogens is 2. The Kier molecular flexibility index (Phi) is 4.52. The van der Waals surface area contributed by atoms with Crippen LogP contribution in [0.25, 0.3) is 0 Å². The number of nitrogens with zero attached hydrogens (tertiary/aromatic N) is 3. The van der Waals surface area contributed by atoms with Crippen LogP contribution in [-0.4, -0.2) is 38.7 Å². The van der Waals surface area contributed by atoms with E-state index in [4.69, 9.17) is 14.4 Å². The molecule has 0 spiro atoms. The average Bonchev–Trinajstić information content (AvgIpc) is 3.16. The summed E-state index contributed by atoms with van der Waals surface area (Å²) in [6, 6.07) is 5.13. The van der Waals surface area contributed by atoms with Gasteiger partial charge in [0, 0.05) is 0 Å².